The van der Waals surface area contributed by atoms with Crippen LogP contribution in [0, 0.1) is 0 Å². The van der Waals surface area contributed by atoms with E-state index in [4.69, 9.17) is 0 Å². The Labute approximate surface area is 385 Å². The van der Waals surface area contributed by atoms with Crippen LogP contribution in [0.15, 0.2) is 267 Å². The maximum atomic E-state index is 2.45. The molecule has 1 aromatic heterocycles. The molecule has 0 unspecified atom stereocenters. The molecule has 1 heterocycles. The highest BCUT2D eigenvalue weighted by Gasteiger charge is 2.18. The first kappa shape index (κ1) is 38.9. The average Bonchev–Trinajstić information content (AvgIpc) is 3.75. The van der Waals surface area contributed by atoms with Gasteiger partial charge in [-0.3, -0.25) is 0 Å². The molecule has 0 aliphatic rings. The summed E-state index contributed by atoms with van der Waals surface area (Å²) < 4.78 is 2.45. The molecule has 0 spiro atoms. The molecule has 0 saturated heterocycles. The van der Waals surface area contributed by atoms with Crippen LogP contribution in [0.1, 0.15) is 0 Å². The van der Waals surface area contributed by atoms with E-state index in [1.807, 2.05) is 0 Å². The van der Waals surface area contributed by atoms with Crippen molar-refractivity contribution in [3.8, 4) is 61.3 Å². The van der Waals surface area contributed by atoms with Gasteiger partial charge in [-0.2, -0.15) is 0 Å². The molecule has 0 amide bonds. The first-order chi connectivity index (χ1) is 32.7. The van der Waals surface area contributed by atoms with Gasteiger partial charge in [0.2, 0.25) is 0 Å². The van der Waals surface area contributed by atoms with Crippen molar-refractivity contribution in [3.63, 3.8) is 0 Å². The number of nitrogens with zero attached hydrogens (tertiary/aromatic N) is 2. The fourth-order valence-electron chi connectivity index (χ4n) is 9.72. The van der Waals surface area contributed by atoms with Crippen molar-refractivity contribution < 1.29 is 0 Å². The molecule has 310 valence electrons. The predicted molar refractivity (Wildman–Crippen MR) is 280 cm³/mol. The first-order valence-corrected chi connectivity index (χ1v) is 22.7. The number of anilines is 3. The van der Waals surface area contributed by atoms with Crippen LogP contribution in [0.25, 0.3) is 93.9 Å². The lowest BCUT2D eigenvalue weighted by Gasteiger charge is -2.26. The minimum absolute atomic E-state index is 1.08. The number of hydrogen-bond donors (Lipinski definition) is 0. The summed E-state index contributed by atoms with van der Waals surface area (Å²) in [7, 11) is 0. The molecule has 2 nitrogen and oxygen atoms in total. The van der Waals surface area contributed by atoms with E-state index in [-0.39, 0.29) is 0 Å². The van der Waals surface area contributed by atoms with E-state index in [2.05, 4.69) is 276 Å². The van der Waals surface area contributed by atoms with Crippen molar-refractivity contribution >= 4 is 49.6 Å². The molecule has 0 saturated carbocycles. The summed E-state index contributed by atoms with van der Waals surface area (Å²) >= 11 is 0. The van der Waals surface area contributed by atoms with Gasteiger partial charge in [-0.25, -0.2) is 0 Å². The number of fused-ring (bicyclic) bond motifs is 5. The van der Waals surface area contributed by atoms with Crippen molar-refractivity contribution in [2.75, 3.05) is 4.90 Å². The Morgan fingerprint density at radius 2 is 0.682 bits per heavy atom. The molecule has 2 heteroatoms. The van der Waals surface area contributed by atoms with Gasteiger partial charge < -0.3 is 9.47 Å². The third-order valence-corrected chi connectivity index (χ3v) is 13.0. The second-order valence-electron chi connectivity index (χ2n) is 17.0. The van der Waals surface area contributed by atoms with Crippen molar-refractivity contribution in [2.45, 2.75) is 0 Å². The van der Waals surface area contributed by atoms with Gasteiger partial charge in [0.15, 0.2) is 0 Å². The monoisotopic (exact) mass is 840 g/mol. The van der Waals surface area contributed by atoms with Crippen LogP contribution in [-0.2, 0) is 0 Å². The second-order valence-corrected chi connectivity index (χ2v) is 17.0. The second kappa shape index (κ2) is 16.8. The Hall–Kier alpha value is -8.72. The normalized spacial score (nSPS) is 11.3. The van der Waals surface area contributed by atoms with Crippen molar-refractivity contribution in [1.29, 1.82) is 0 Å². The van der Waals surface area contributed by atoms with Gasteiger partial charge in [-0.05, 0) is 133 Å². The van der Waals surface area contributed by atoms with E-state index in [0.717, 1.165) is 33.9 Å². The molecule has 0 atom stereocenters. The van der Waals surface area contributed by atoms with E-state index in [1.165, 1.54) is 77.1 Å². The zero-order valence-electron chi connectivity index (χ0n) is 36.3. The van der Waals surface area contributed by atoms with Crippen LogP contribution < -0.4 is 4.90 Å². The number of benzene rings is 11. The molecule has 0 fully saturated rings. The van der Waals surface area contributed by atoms with Gasteiger partial charge >= 0.3 is 0 Å². The van der Waals surface area contributed by atoms with E-state index in [9.17, 15) is 0 Å². The summed E-state index contributed by atoms with van der Waals surface area (Å²) in [5, 5.41) is 5.05. The minimum Gasteiger partial charge on any atom is -0.310 e. The molecule has 0 N–H and O–H groups in total. The third-order valence-electron chi connectivity index (χ3n) is 13.0. The van der Waals surface area contributed by atoms with Crippen LogP contribution in [0.3, 0.4) is 0 Å². The lowest BCUT2D eigenvalue weighted by Crippen LogP contribution is -2.10. The molecular weight excluding hydrogens is 797 g/mol. The Balaban J connectivity index is 0.962. The first-order valence-electron chi connectivity index (χ1n) is 22.7. The summed E-state index contributed by atoms with van der Waals surface area (Å²) in [6, 6.07) is 96.8. The predicted octanol–water partition coefficient (Wildman–Crippen LogP) is 17.7. The highest BCUT2D eigenvalue weighted by Crippen LogP contribution is 2.41. The summed E-state index contributed by atoms with van der Waals surface area (Å²) in [5.41, 5.74) is 18.6. The maximum absolute atomic E-state index is 2.45. The summed E-state index contributed by atoms with van der Waals surface area (Å²) in [4.78, 5) is 2.37. The summed E-state index contributed by atoms with van der Waals surface area (Å²) in [6.07, 6.45) is 0. The summed E-state index contributed by atoms with van der Waals surface area (Å²) in [5.74, 6) is 0. The summed E-state index contributed by atoms with van der Waals surface area (Å²) in [6.45, 7) is 0. The van der Waals surface area contributed by atoms with E-state index >= 15 is 0 Å². The van der Waals surface area contributed by atoms with Crippen molar-refractivity contribution in [1.82, 2.24) is 4.57 Å². The molecule has 12 rings (SSSR count). The molecule has 0 bridgehead atoms. The fraction of sp³-hybridized carbons (Fsp3) is 0. The lowest BCUT2D eigenvalue weighted by molar-refractivity contribution is 1.18. The fourth-order valence-corrected chi connectivity index (χ4v) is 9.72. The standard InChI is InChI=1S/C64H44N2/c1-4-15-45(16-5-1)48-27-29-49(30-28-48)50-31-36-56(37-32-50)65(58-23-14-22-53(42-58)46-17-6-2-7-18-46)57-38-33-51(34-39-57)55-41-54(47-19-8-3-9-20-47)43-59(44-55)66-62-26-13-12-25-61(62)64-60-24-11-10-21-52(60)35-40-63(64)66/h1-44H. The largest absolute Gasteiger partial charge is 0.310 e. The van der Waals surface area contributed by atoms with E-state index in [1.54, 1.807) is 0 Å². The van der Waals surface area contributed by atoms with Crippen LogP contribution >= 0.6 is 0 Å². The zero-order valence-corrected chi connectivity index (χ0v) is 36.3. The maximum Gasteiger partial charge on any atom is 0.0547 e. The Morgan fingerprint density at radius 3 is 1.27 bits per heavy atom. The molecule has 0 aliphatic carbocycles. The number of para-hydroxylation sites is 1. The van der Waals surface area contributed by atoms with Crippen LogP contribution in [0.5, 0.6) is 0 Å². The SMILES string of the molecule is c1ccc(-c2ccc(-c3ccc(N(c4ccc(-c5cc(-c6ccccc6)cc(-n6c7ccccc7c7c8ccccc8ccc76)c5)cc4)c4cccc(-c5ccccc5)c4)cc3)cc2)cc1. The topological polar surface area (TPSA) is 8.17 Å². The van der Waals surface area contributed by atoms with Gasteiger partial charge in [0.05, 0.1) is 11.0 Å². The molecular formula is C64H44N2. The Morgan fingerprint density at radius 1 is 0.242 bits per heavy atom. The van der Waals surface area contributed by atoms with Gasteiger partial charge in [-0.15, -0.1) is 0 Å². The minimum atomic E-state index is 1.08. The van der Waals surface area contributed by atoms with Crippen molar-refractivity contribution in [2.24, 2.45) is 0 Å². The van der Waals surface area contributed by atoms with Gasteiger partial charge in [0.1, 0.15) is 0 Å². The quantitative estimate of drug-likeness (QED) is 0.141. The van der Waals surface area contributed by atoms with Crippen molar-refractivity contribution in [3.05, 3.63) is 267 Å². The zero-order chi connectivity index (χ0) is 43.8. The number of aromatic nitrogens is 1. The smallest absolute Gasteiger partial charge is 0.0547 e. The van der Waals surface area contributed by atoms with E-state index < -0.39 is 0 Å². The number of rotatable bonds is 9. The highest BCUT2D eigenvalue weighted by molar-refractivity contribution is 6.21. The van der Waals surface area contributed by atoms with Gasteiger partial charge in [0, 0.05) is 33.5 Å². The lowest BCUT2D eigenvalue weighted by atomic mass is 9.97. The third kappa shape index (κ3) is 7.21. The van der Waals surface area contributed by atoms with Crippen LogP contribution in [0.2, 0.25) is 0 Å². The highest BCUT2D eigenvalue weighted by atomic mass is 15.1. The molecule has 12 aromatic rings. The van der Waals surface area contributed by atoms with Crippen LogP contribution in [-0.4, -0.2) is 4.57 Å². The Kier molecular flexibility index (Phi) is 9.89. The van der Waals surface area contributed by atoms with Gasteiger partial charge in [0.25, 0.3) is 0 Å². The average molecular weight is 841 g/mol. The molecule has 11 aromatic carbocycles. The van der Waals surface area contributed by atoms with Gasteiger partial charge in [-0.1, -0.05) is 200 Å². The van der Waals surface area contributed by atoms with Crippen LogP contribution in [0.4, 0.5) is 17.1 Å². The molecule has 0 radical (unpaired) electrons. The molecule has 66 heavy (non-hydrogen) atoms. The number of hydrogen-bond acceptors (Lipinski definition) is 1. The molecule has 0 aliphatic heterocycles. The Bertz CT molecular complexity index is 3650. The van der Waals surface area contributed by atoms with E-state index in [0.29, 0.717) is 0 Å².